The van der Waals surface area contributed by atoms with Crippen molar-refractivity contribution in [1.29, 1.82) is 0 Å². The summed E-state index contributed by atoms with van der Waals surface area (Å²) in [7, 11) is 1.43. The van der Waals surface area contributed by atoms with Crippen LogP contribution in [0.5, 0.6) is 0 Å². The maximum atomic E-state index is 12.8. The quantitative estimate of drug-likeness (QED) is 0.725. The molecule has 0 aliphatic heterocycles. The summed E-state index contributed by atoms with van der Waals surface area (Å²) in [6, 6.07) is 0. The van der Waals surface area contributed by atoms with Gasteiger partial charge in [-0.1, -0.05) is 19.1 Å². The van der Waals surface area contributed by atoms with Crippen molar-refractivity contribution in [1.82, 2.24) is 0 Å². The maximum absolute atomic E-state index is 12.8. The van der Waals surface area contributed by atoms with Crippen LogP contribution in [-0.4, -0.2) is 32.5 Å². The van der Waals surface area contributed by atoms with E-state index in [-0.39, 0.29) is 37.5 Å². The van der Waals surface area contributed by atoms with Crippen LogP contribution in [0.15, 0.2) is 23.3 Å². The molecule has 0 bridgehead atoms. The topological polar surface area (TPSA) is 35.5 Å². The van der Waals surface area contributed by atoms with Gasteiger partial charge in [0.15, 0.2) is 0 Å². The number of rotatable bonds is 5. The molecule has 0 saturated carbocycles. The molecule has 0 fully saturated rings. The van der Waals surface area contributed by atoms with Gasteiger partial charge in [-0.15, -0.1) is 0 Å². The lowest BCUT2D eigenvalue weighted by Crippen LogP contribution is -2.21. The van der Waals surface area contributed by atoms with Crippen molar-refractivity contribution in [3.63, 3.8) is 0 Å². The SMILES string of the molecule is COCCC(=O)OCC1=C(C(F)(F)F)CC(C)C=C1. The number of allylic oxidation sites excluding steroid dienone is 2. The number of hydrogen-bond donors (Lipinski definition) is 0. The molecular weight excluding hydrogens is 261 g/mol. The summed E-state index contributed by atoms with van der Waals surface area (Å²) in [6.07, 6.45) is -1.35. The zero-order valence-corrected chi connectivity index (χ0v) is 10.9. The Morgan fingerprint density at radius 3 is 2.74 bits per heavy atom. The molecule has 1 atom stereocenters. The molecule has 0 aromatic heterocycles. The van der Waals surface area contributed by atoms with E-state index < -0.39 is 17.7 Å². The second-order valence-corrected chi connectivity index (χ2v) is 4.45. The van der Waals surface area contributed by atoms with Crippen LogP contribution in [0.3, 0.4) is 0 Å². The van der Waals surface area contributed by atoms with Crippen molar-refractivity contribution in [3.05, 3.63) is 23.3 Å². The first-order valence-electron chi connectivity index (χ1n) is 5.96. The molecule has 108 valence electrons. The summed E-state index contributed by atoms with van der Waals surface area (Å²) in [5.74, 6) is -0.729. The van der Waals surface area contributed by atoms with Crippen molar-refractivity contribution >= 4 is 5.97 Å². The molecular formula is C13H17F3O3. The van der Waals surface area contributed by atoms with Crippen molar-refractivity contribution in [2.75, 3.05) is 20.3 Å². The van der Waals surface area contributed by atoms with Gasteiger partial charge in [-0.3, -0.25) is 4.79 Å². The van der Waals surface area contributed by atoms with Gasteiger partial charge in [-0.2, -0.15) is 13.2 Å². The van der Waals surface area contributed by atoms with Crippen LogP contribution in [0.25, 0.3) is 0 Å². The van der Waals surface area contributed by atoms with Gasteiger partial charge in [0.2, 0.25) is 0 Å². The summed E-state index contributed by atoms with van der Waals surface area (Å²) in [4.78, 5) is 11.2. The number of methoxy groups -OCH3 is 1. The molecule has 0 heterocycles. The number of halogens is 3. The average molecular weight is 278 g/mol. The predicted molar refractivity (Wildman–Crippen MR) is 63.5 cm³/mol. The lowest BCUT2D eigenvalue weighted by atomic mass is 9.90. The third-order valence-electron chi connectivity index (χ3n) is 2.78. The van der Waals surface area contributed by atoms with Gasteiger partial charge in [0, 0.05) is 12.7 Å². The molecule has 1 aliphatic rings. The molecule has 1 unspecified atom stereocenters. The number of carbonyl (C=O) groups is 1. The minimum atomic E-state index is -4.38. The van der Waals surface area contributed by atoms with Crippen LogP contribution >= 0.6 is 0 Å². The Kier molecular flexibility index (Phi) is 5.60. The zero-order chi connectivity index (χ0) is 14.5. The summed E-state index contributed by atoms with van der Waals surface area (Å²) in [6.45, 7) is 1.56. The molecule has 0 aromatic rings. The highest BCUT2D eigenvalue weighted by Crippen LogP contribution is 2.36. The Hall–Kier alpha value is -1.30. The molecule has 1 rings (SSSR count). The average Bonchev–Trinajstić information content (AvgIpc) is 2.33. The Morgan fingerprint density at radius 2 is 2.16 bits per heavy atom. The summed E-state index contributed by atoms with van der Waals surface area (Å²) in [5.41, 5.74) is -0.585. The van der Waals surface area contributed by atoms with E-state index in [1.807, 2.05) is 0 Å². The van der Waals surface area contributed by atoms with Gasteiger partial charge >= 0.3 is 12.1 Å². The van der Waals surface area contributed by atoms with Crippen LogP contribution in [0.1, 0.15) is 19.8 Å². The van der Waals surface area contributed by atoms with Crippen molar-refractivity contribution in [2.24, 2.45) is 5.92 Å². The van der Waals surface area contributed by atoms with Crippen LogP contribution < -0.4 is 0 Å². The van der Waals surface area contributed by atoms with E-state index in [1.54, 1.807) is 13.0 Å². The van der Waals surface area contributed by atoms with E-state index in [1.165, 1.54) is 13.2 Å². The van der Waals surface area contributed by atoms with Gasteiger partial charge in [0.25, 0.3) is 0 Å². The Balaban J connectivity index is 2.67. The van der Waals surface area contributed by atoms with Gasteiger partial charge in [0.05, 0.1) is 13.0 Å². The lowest BCUT2D eigenvalue weighted by molar-refractivity contribution is -0.143. The maximum Gasteiger partial charge on any atom is 0.413 e. The number of carbonyl (C=O) groups excluding carboxylic acids is 1. The first kappa shape index (κ1) is 15.8. The number of alkyl halides is 3. The van der Waals surface area contributed by atoms with E-state index in [2.05, 4.69) is 4.74 Å². The fraction of sp³-hybridized carbons (Fsp3) is 0.615. The van der Waals surface area contributed by atoms with Gasteiger partial charge in [0.1, 0.15) is 6.61 Å². The molecule has 19 heavy (non-hydrogen) atoms. The Morgan fingerprint density at radius 1 is 1.47 bits per heavy atom. The smallest absolute Gasteiger partial charge is 0.413 e. The van der Waals surface area contributed by atoms with E-state index in [0.29, 0.717) is 0 Å². The number of esters is 1. The fourth-order valence-electron chi connectivity index (χ4n) is 1.75. The normalized spacial score (nSPS) is 19.7. The highest BCUT2D eigenvalue weighted by Gasteiger charge is 2.37. The van der Waals surface area contributed by atoms with Crippen LogP contribution in [0, 0.1) is 5.92 Å². The molecule has 6 heteroatoms. The number of ether oxygens (including phenoxy) is 2. The number of hydrogen-bond acceptors (Lipinski definition) is 3. The second kappa shape index (κ2) is 6.75. The van der Waals surface area contributed by atoms with Gasteiger partial charge in [-0.25, -0.2) is 0 Å². The molecule has 0 aromatic carbocycles. The third kappa shape index (κ3) is 5.06. The molecule has 0 saturated heterocycles. The fourth-order valence-corrected chi connectivity index (χ4v) is 1.75. The van der Waals surface area contributed by atoms with Crippen LogP contribution in [-0.2, 0) is 14.3 Å². The molecule has 0 amide bonds. The highest BCUT2D eigenvalue weighted by molar-refractivity contribution is 5.69. The minimum absolute atomic E-state index is 0.0244. The van der Waals surface area contributed by atoms with Gasteiger partial charge < -0.3 is 9.47 Å². The molecule has 0 spiro atoms. The molecule has 0 radical (unpaired) electrons. The summed E-state index contributed by atoms with van der Waals surface area (Å²) < 4.78 is 48.0. The third-order valence-corrected chi connectivity index (χ3v) is 2.78. The van der Waals surface area contributed by atoms with E-state index in [9.17, 15) is 18.0 Å². The highest BCUT2D eigenvalue weighted by atomic mass is 19.4. The van der Waals surface area contributed by atoms with Crippen molar-refractivity contribution in [3.8, 4) is 0 Å². The first-order valence-corrected chi connectivity index (χ1v) is 5.96. The minimum Gasteiger partial charge on any atom is -0.461 e. The molecule has 0 N–H and O–H groups in total. The Bertz CT molecular complexity index is 383. The predicted octanol–water partition coefficient (Wildman–Crippen LogP) is 3.02. The lowest BCUT2D eigenvalue weighted by Gasteiger charge is -2.22. The standard InChI is InChI=1S/C13H17F3O3/c1-9-3-4-10(11(7-9)13(14,15)16)8-19-12(17)5-6-18-2/h3-4,9H,5-8H2,1-2H3. The largest absolute Gasteiger partial charge is 0.461 e. The Labute approximate surface area is 110 Å². The van der Waals surface area contributed by atoms with Crippen molar-refractivity contribution < 1.29 is 27.4 Å². The van der Waals surface area contributed by atoms with E-state index in [4.69, 9.17) is 4.74 Å². The first-order chi connectivity index (χ1) is 8.84. The van der Waals surface area contributed by atoms with Crippen LogP contribution in [0.2, 0.25) is 0 Å². The van der Waals surface area contributed by atoms with Gasteiger partial charge in [-0.05, 0) is 17.9 Å². The van der Waals surface area contributed by atoms with Crippen LogP contribution in [0.4, 0.5) is 13.2 Å². The van der Waals surface area contributed by atoms with E-state index >= 15 is 0 Å². The van der Waals surface area contributed by atoms with Crippen molar-refractivity contribution in [2.45, 2.75) is 25.9 Å². The second-order valence-electron chi connectivity index (χ2n) is 4.45. The molecule has 3 nitrogen and oxygen atoms in total. The summed E-state index contributed by atoms with van der Waals surface area (Å²) >= 11 is 0. The monoisotopic (exact) mass is 278 g/mol. The zero-order valence-electron chi connectivity index (χ0n) is 10.9. The molecule has 1 aliphatic carbocycles. The van der Waals surface area contributed by atoms with E-state index in [0.717, 1.165) is 0 Å². The summed E-state index contributed by atoms with van der Waals surface area (Å²) in [5, 5.41) is 0.